The van der Waals surface area contributed by atoms with Crippen molar-refractivity contribution in [2.45, 2.75) is 46.5 Å². The topological polar surface area (TPSA) is 49.9 Å². The van der Waals surface area contributed by atoms with Crippen molar-refractivity contribution in [2.75, 3.05) is 33.3 Å². The van der Waals surface area contributed by atoms with E-state index in [4.69, 9.17) is 4.74 Å². The molecule has 2 amide bonds. The molecule has 1 saturated heterocycles. The van der Waals surface area contributed by atoms with Crippen LogP contribution in [0.3, 0.4) is 0 Å². The minimum Gasteiger partial charge on any atom is -0.496 e. The summed E-state index contributed by atoms with van der Waals surface area (Å²) in [4.78, 5) is 28.6. The molecule has 0 unspecified atom stereocenters. The number of ether oxygens (including phenoxy) is 1. The molecule has 0 N–H and O–H groups in total. The fraction of sp³-hybridized carbons (Fsp3) is 0.619. The molecule has 1 aliphatic heterocycles. The highest BCUT2D eigenvalue weighted by Crippen LogP contribution is 2.25. The van der Waals surface area contributed by atoms with E-state index in [9.17, 15) is 9.59 Å². The van der Waals surface area contributed by atoms with Gasteiger partial charge in [-0.05, 0) is 23.5 Å². The number of hydrogen-bond acceptors (Lipinski definition) is 3. The number of carbonyl (C=O) groups is 2. The van der Waals surface area contributed by atoms with E-state index in [0.717, 1.165) is 11.3 Å². The lowest BCUT2D eigenvalue weighted by atomic mass is 9.98. The highest BCUT2D eigenvalue weighted by molar-refractivity contribution is 5.80. The third kappa shape index (κ3) is 5.23. The number of rotatable bonds is 6. The molecule has 0 aromatic heterocycles. The Hall–Kier alpha value is -2.04. The summed E-state index contributed by atoms with van der Waals surface area (Å²) in [6.45, 7) is 10.8. The Balaban J connectivity index is 1.97. The first-order valence-corrected chi connectivity index (χ1v) is 9.54. The zero-order valence-electron chi connectivity index (χ0n) is 16.7. The summed E-state index contributed by atoms with van der Waals surface area (Å²) in [6, 6.07) is 6.07. The van der Waals surface area contributed by atoms with Gasteiger partial charge >= 0.3 is 0 Å². The number of nitrogens with zero attached hydrogens (tertiary/aromatic N) is 2. The first-order chi connectivity index (χ1) is 12.3. The normalized spacial score (nSPS) is 14.9. The van der Waals surface area contributed by atoms with Gasteiger partial charge in [0.2, 0.25) is 11.8 Å². The molecule has 0 aliphatic carbocycles. The second-order valence-electron chi connectivity index (χ2n) is 7.76. The molecule has 0 atom stereocenters. The predicted octanol–water partition coefficient (Wildman–Crippen LogP) is 3.08. The van der Waals surface area contributed by atoms with Crippen LogP contribution in [0.4, 0.5) is 0 Å². The lowest BCUT2D eigenvalue weighted by Gasteiger charge is -2.35. The van der Waals surface area contributed by atoms with Crippen LogP contribution in [-0.2, 0) is 16.0 Å². The molecule has 0 radical (unpaired) electrons. The lowest BCUT2D eigenvalue weighted by Crippen LogP contribution is -2.51. The van der Waals surface area contributed by atoms with Gasteiger partial charge in [0.1, 0.15) is 5.75 Å². The van der Waals surface area contributed by atoms with Gasteiger partial charge in [-0.2, -0.15) is 0 Å². The van der Waals surface area contributed by atoms with E-state index in [-0.39, 0.29) is 11.8 Å². The molecule has 26 heavy (non-hydrogen) atoms. The Bertz CT molecular complexity index is 632. The smallest absolute Gasteiger partial charge is 0.227 e. The first kappa shape index (κ1) is 20.3. The van der Waals surface area contributed by atoms with Gasteiger partial charge in [-0.25, -0.2) is 0 Å². The van der Waals surface area contributed by atoms with Crippen molar-refractivity contribution >= 4 is 11.8 Å². The summed E-state index contributed by atoms with van der Waals surface area (Å²) in [6.07, 6.45) is 0.914. The highest BCUT2D eigenvalue weighted by Gasteiger charge is 2.25. The predicted molar refractivity (Wildman–Crippen MR) is 103 cm³/mol. The maximum absolute atomic E-state index is 12.7. The second-order valence-corrected chi connectivity index (χ2v) is 7.76. The molecule has 1 heterocycles. The van der Waals surface area contributed by atoms with Gasteiger partial charge < -0.3 is 14.5 Å². The maximum atomic E-state index is 12.7. The van der Waals surface area contributed by atoms with Crippen LogP contribution in [0.1, 0.15) is 51.2 Å². The molecule has 5 heteroatoms. The van der Waals surface area contributed by atoms with Crippen molar-refractivity contribution < 1.29 is 14.3 Å². The molecule has 144 valence electrons. The third-order valence-corrected chi connectivity index (χ3v) is 4.88. The van der Waals surface area contributed by atoms with E-state index in [1.165, 1.54) is 5.56 Å². The van der Waals surface area contributed by atoms with Crippen LogP contribution >= 0.6 is 0 Å². The SMILES string of the molecule is COc1ccc(C(C)C)cc1CC(=O)N1CCN(C(=O)CC(C)C)CC1. The first-order valence-electron chi connectivity index (χ1n) is 9.54. The molecule has 2 rings (SSSR count). The van der Waals surface area contributed by atoms with E-state index in [1.54, 1.807) is 7.11 Å². The fourth-order valence-corrected chi connectivity index (χ4v) is 3.25. The molecule has 1 aliphatic rings. The average molecular weight is 360 g/mol. The van der Waals surface area contributed by atoms with E-state index < -0.39 is 0 Å². The molecule has 1 aromatic rings. The van der Waals surface area contributed by atoms with Gasteiger partial charge in [0.15, 0.2) is 0 Å². The van der Waals surface area contributed by atoms with E-state index in [2.05, 4.69) is 39.8 Å². The third-order valence-electron chi connectivity index (χ3n) is 4.88. The summed E-state index contributed by atoms with van der Waals surface area (Å²) in [5, 5.41) is 0. The highest BCUT2D eigenvalue weighted by atomic mass is 16.5. The van der Waals surface area contributed by atoms with E-state index >= 15 is 0 Å². The summed E-state index contributed by atoms with van der Waals surface area (Å²) >= 11 is 0. The lowest BCUT2D eigenvalue weighted by molar-refractivity contribution is -0.139. The minimum absolute atomic E-state index is 0.0974. The Morgan fingerprint density at radius 3 is 2.08 bits per heavy atom. The Morgan fingerprint density at radius 1 is 1.00 bits per heavy atom. The van der Waals surface area contributed by atoms with E-state index in [0.29, 0.717) is 50.9 Å². The number of carbonyl (C=O) groups excluding carboxylic acids is 2. The Kier molecular flexibility index (Phi) is 7.06. The zero-order valence-corrected chi connectivity index (χ0v) is 16.7. The van der Waals surface area contributed by atoms with Crippen LogP contribution in [0, 0.1) is 5.92 Å². The van der Waals surface area contributed by atoms with E-state index in [1.807, 2.05) is 15.9 Å². The molecular weight excluding hydrogens is 328 g/mol. The molecular formula is C21H32N2O3. The maximum Gasteiger partial charge on any atom is 0.227 e. The van der Waals surface area contributed by atoms with Crippen LogP contribution in [0.5, 0.6) is 5.75 Å². The largest absolute Gasteiger partial charge is 0.496 e. The Labute approximate surface area is 157 Å². The number of amides is 2. The van der Waals surface area contributed by atoms with Gasteiger partial charge in [-0.1, -0.05) is 39.8 Å². The fourth-order valence-electron chi connectivity index (χ4n) is 3.25. The molecule has 1 fully saturated rings. The van der Waals surface area contributed by atoms with Gasteiger partial charge in [0, 0.05) is 38.2 Å². The van der Waals surface area contributed by atoms with Crippen molar-refractivity contribution in [3.63, 3.8) is 0 Å². The van der Waals surface area contributed by atoms with Gasteiger partial charge in [0.05, 0.1) is 13.5 Å². The van der Waals surface area contributed by atoms with Gasteiger partial charge in [-0.15, -0.1) is 0 Å². The van der Waals surface area contributed by atoms with Crippen molar-refractivity contribution in [2.24, 2.45) is 5.92 Å². The number of methoxy groups -OCH3 is 1. The molecule has 0 spiro atoms. The van der Waals surface area contributed by atoms with Crippen molar-refractivity contribution in [3.8, 4) is 5.75 Å². The summed E-state index contributed by atoms with van der Waals surface area (Å²) in [7, 11) is 1.64. The van der Waals surface area contributed by atoms with Crippen LogP contribution in [0.25, 0.3) is 0 Å². The van der Waals surface area contributed by atoms with Crippen LogP contribution < -0.4 is 4.74 Å². The van der Waals surface area contributed by atoms with Gasteiger partial charge in [0.25, 0.3) is 0 Å². The second kappa shape index (κ2) is 9.06. The van der Waals surface area contributed by atoms with Crippen LogP contribution in [0.15, 0.2) is 18.2 Å². The summed E-state index contributed by atoms with van der Waals surface area (Å²) < 4.78 is 5.43. The summed E-state index contributed by atoms with van der Waals surface area (Å²) in [5.74, 6) is 1.82. The molecule has 0 saturated carbocycles. The molecule has 5 nitrogen and oxygen atoms in total. The monoisotopic (exact) mass is 360 g/mol. The van der Waals surface area contributed by atoms with Crippen LogP contribution in [0.2, 0.25) is 0 Å². The Morgan fingerprint density at radius 2 is 1.58 bits per heavy atom. The molecule has 1 aromatic carbocycles. The van der Waals surface area contributed by atoms with Crippen LogP contribution in [-0.4, -0.2) is 54.9 Å². The summed E-state index contributed by atoms with van der Waals surface area (Å²) in [5.41, 5.74) is 2.14. The van der Waals surface area contributed by atoms with Gasteiger partial charge in [-0.3, -0.25) is 9.59 Å². The number of benzene rings is 1. The van der Waals surface area contributed by atoms with Crippen molar-refractivity contribution in [3.05, 3.63) is 29.3 Å². The van der Waals surface area contributed by atoms with Crippen molar-refractivity contribution in [1.82, 2.24) is 9.80 Å². The standard InChI is InChI=1S/C21H32N2O3/c1-15(2)12-20(24)22-8-10-23(11-9-22)21(25)14-18-13-17(16(3)4)6-7-19(18)26-5/h6-7,13,15-16H,8-12,14H2,1-5H3. The van der Waals surface area contributed by atoms with Crippen molar-refractivity contribution in [1.29, 1.82) is 0 Å². The zero-order chi connectivity index (χ0) is 19.3. The average Bonchev–Trinajstić information content (AvgIpc) is 2.61. The molecule has 0 bridgehead atoms. The quantitative estimate of drug-likeness (QED) is 0.783. The number of hydrogen-bond donors (Lipinski definition) is 0. The number of piperazine rings is 1. The minimum atomic E-state index is 0.0974.